The molecule has 0 aliphatic rings. The normalized spacial score (nSPS) is 10.6. The van der Waals surface area contributed by atoms with Crippen molar-refractivity contribution >= 4 is 12.2 Å². The van der Waals surface area contributed by atoms with E-state index in [0.717, 1.165) is 5.69 Å². The minimum absolute atomic E-state index is 0.259. The number of nitrogens with one attached hydrogen (secondary N) is 1. The molecule has 0 fully saturated rings. The first-order valence-electron chi connectivity index (χ1n) is 5.46. The molecule has 0 saturated carbocycles. The molecule has 0 radical (unpaired) electrons. The Labute approximate surface area is 110 Å². The number of hydrogen-bond donors (Lipinski definition) is 1. The Morgan fingerprint density at radius 1 is 1.39 bits per heavy atom. The summed E-state index contributed by atoms with van der Waals surface area (Å²) in [5.74, 6) is 0.291. The van der Waals surface area contributed by atoms with Gasteiger partial charge in [-0.15, -0.1) is 0 Å². The topological polar surface area (TPSA) is 37.9 Å². The van der Waals surface area contributed by atoms with Gasteiger partial charge in [0.05, 0.1) is 6.61 Å². The number of H-pyrrole nitrogens is 1. The highest BCUT2D eigenvalue weighted by Gasteiger charge is 2.05. The van der Waals surface area contributed by atoms with E-state index >= 15 is 0 Å². The Hall–Kier alpha value is -1.59. The van der Waals surface area contributed by atoms with E-state index in [9.17, 15) is 4.39 Å². The number of aromatic nitrogens is 2. The Bertz CT molecular complexity index is 625. The van der Waals surface area contributed by atoms with Gasteiger partial charge < -0.3 is 9.72 Å². The molecule has 0 aliphatic heterocycles. The zero-order valence-corrected chi connectivity index (χ0v) is 11.0. The van der Waals surface area contributed by atoms with E-state index in [1.165, 1.54) is 6.07 Å². The summed E-state index contributed by atoms with van der Waals surface area (Å²) in [7, 11) is 1.60. The lowest BCUT2D eigenvalue weighted by atomic mass is 10.1. The Morgan fingerprint density at radius 3 is 2.83 bits per heavy atom. The predicted octanol–water partition coefficient (Wildman–Crippen LogP) is 3.40. The van der Waals surface area contributed by atoms with Crippen LogP contribution in [0.3, 0.4) is 0 Å². The predicted molar refractivity (Wildman–Crippen MR) is 70.3 cm³/mol. The van der Waals surface area contributed by atoms with Crippen molar-refractivity contribution in [2.75, 3.05) is 7.11 Å². The van der Waals surface area contributed by atoms with E-state index in [4.69, 9.17) is 17.0 Å². The van der Waals surface area contributed by atoms with Crippen LogP contribution in [0.25, 0.3) is 11.4 Å². The van der Waals surface area contributed by atoms with E-state index in [1.54, 1.807) is 26.2 Å². The molecule has 5 heteroatoms. The minimum atomic E-state index is -0.259. The van der Waals surface area contributed by atoms with Gasteiger partial charge in [-0.3, -0.25) is 0 Å². The molecule has 3 nitrogen and oxygen atoms in total. The molecule has 1 heterocycles. The number of benzene rings is 1. The van der Waals surface area contributed by atoms with Gasteiger partial charge >= 0.3 is 0 Å². The number of hydrogen-bond acceptors (Lipinski definition) is 3. The first-order chi connectivity index (χ1) is 8.60. The molecule has 0 atom stereocenters. The monoisotopic (exact) mass is 264 g/mol. The smallest absolute Gasteiger partial charge is 0.139 e. The van der Waals surface area contributed by atoms with Crippen LogP contribution >= 0.6 is 12.2 Å². The van der Waals surface area contributed by atoms with Crippen LogP contribution in [0.5, 0.6) is 0 Å². The van der Waals surface area contributed by atoms with Crippen LogP contribution < -0.4 is 0 Å². The number of nitrogens with zero attached hydrogens (tertiary/aromatic N) is 1. The summed E-state index contributed by atoms with van der Waals surface area (Å²) < 4.78 is 19.0. The maximum absolute atomic E-state index is 13.5. The molecule has 0 unspecified atom stereocenters. The van der Waals surface area contributed by atoms with Crippen LogP contribution in [0.1, 0.15) is 11.3 Å². The first-order valence-corrected chi connectivity index (χ1v) is 5.86. The fourth-order valence-electron chi connectivity index (χ4n) is 1.62. The van der Waals surface area contributed by atoms with Crippen LogP contribution in [0, 0.1) is 17.4 Å². The number of aromatic amines is 1. The van der Waals surface area contributed by atoms with E-state index in [-0.39, 0.29) is 5.82 Å². The average Bonchev–Trinajstić information content (AvgIpc) is 2.32. The van der Waals surface area contributed by atoms with Crippen molar-refractivity contribution in [2.24, 2.45) is 0 Å². The third-order valence-electron chi connectivity index (χ3n) is 2.54. The number of halogens is 1. The molecule has 2 rings (SSSR count). The quantitative estimate of drug-likeness (QED) is 0.863. The SMILES string of the molecule is COCc1cc(=S)nc(-c2ccc(C)c(F)c2)[nH]1. The van der Waals surface area contributed by atoms with Gasteiger partial charge in [0.2, 0.25) is 0 Å². The number of aryl methyl sites for hydroxylation is 1. The van der Waals surface area contributed by atoms with Crippen LogP contribution in [0.15, 0.2) is 24.3 Å². The maximum atomic E-state index is 13.5. The second kappa shape index (κ2) is 5.37. The van der Waals surface area contributed by atoms with E-state index in [1.807, 2.05) is 6.07 Å². The van der Waals surface area contributed by atoms with Crippen molar-refractivity contribution in [3.05, 3.63) is 46.0 Å². The molecular formula is C13H13FN2OS. The molecule has 94 valence electrons. The van der Waals surface area contributed by atoms with Crippen molar-refractivity contribution in [3.8, 4) is 11.4 Å². The molecule has 2 aromatic rings. The summed E-state index contributed by atoms with van der Waals surface area (Å²) in [6, 6.07) is 6.70. The highest BCUT2D eigenvalue weighted by Crippen LogP contribution is 2.18. The summed E-state index contributed by atoms with van der Waals surface area (Å²) in [5, 5.41) is 0. The summed E-state index contributed by atoms with van der Waals surface area (Å²) >= 11 is 5.08. The van der Waals surface area contributed by atoms with Crippen molar-refractivity contribution in [1.82, 2.24) is 9.97 Å². The Morgan fingerprint density at radius 2 is 2.17 bits per heavy atom. The lowest BCUT2D eigenvalue weighted by Gasteiger charge is -2.06. The highest BCUT2D eigenvalue weighted by molar-refractivity contribution is 7.71. The molecule has 0 bridgehead atoms. The number of methoxy groups -OCH3 is 1. The van der Waals surface area contributed by atoms with Gasteiger partial charge in [0.1, 0.15) is 16.3 Å². The molecule has 18 heavy (non-hydrogen) atoms. The fourth-order valence-corrected chi connectivity index (χ4v) is 1.85. The largest absolute Gasteiger partial charge is 0.378 e. The number of ether oxygens (including phenoxy) is 1. The molecular weight excluding hydrogens is 251 g/mol. The standard InChI is InChI=1S/C13H13FN2OS/c1-8-3-4-9(5-11(8)14)13-15-10(7-17-2)6-12(18)16-13/h3-6H,7H2,1-2H3,(H,15,16,18). The van der Waals surface area contributed by atoms with Gasteiger partial charge in [0.15, 0.2) is 0 Å². The van der Waals surface area contributed by atoms with Crippen LogP contribution in [-0.4, -0.2) is 17.1 Å². The second-order valence-electron chi connectivity index (χ2n) is 3.99. The Kier molecular flexibility index (Phi) is 3.84. The maximum Gasteiger partial charge on any atom is 0.139 e. The molecule has 0 saturated heterocycles. The molecule has 1 aromatic carbocycles. The molecule has 1 N–H and O–H groups in total. The van der Waals surface area contributed by atoms with Gasteiger partial charge in [-0.05, 0) is 24.6 Å². The fraction of sp³-hybridized carbons (Fsp3) is 0.231. The summed E-state index contributed by atoms with van der Waals surface area (Å²) in [6.07, 6.45) is 0. The molecule has 0 spiro atoms. The van der Waals surface area contributed by atoms with Crippen molar-refractivity contribution in [1.29, 1.82) is 0 Å². The lowest BCUT2D eigenvalue weighted by Crippen LogP contribution is -1.98. The third kappa shape index (κ3) is 2.80. The highest BCUT2D eigenvalue weighted by atomic mass is 32.1. The average molecular weight is 264 g/mol. The number of rotatable bonds is 3. The third-order valence-corrected chi connectivity index (χ3v) is 2.75. The molecule has 0 aliphatic carbocycles. The summed E-state index contributed by atoms with van der Waals surface area (Å²) in [4.78, 5) is 7.27. The van der Waals surface area contributed by atoms with E-state index in [0.29, 0.717) is 28.2 Å². The Balaban J connectivity index is 2.49. The van der Waals surface area contributed by atoms with Crippen LogP contribution in [-0.2, 0) is 11.3 Å². The van der Waals surface area contributed by atoms with Gasteiger partial charge in [-0.2, -0.15) is 0 Å². The van der Waals surface area contributed by atoms with Crippen molar-refractivity contribution in [2.45, 2.75) is 13.5 Å². The van der Waals surface area contributed by atoms with Gasteiger partial charge in [0.25, 0.3) is 0 Å². The zero-order chi connectivity index (χ0) is 13.1. The van der Waals surface area contributed by atoms with Gasteiger partial charge in [0, 0.05) is 18.4 Å². The molecule has 0 amide bonds. The lowest BCUT2D eigenvalue weighted by molar-refractivity contribution is 0.181. The second-order valence-corrected chi connectivity index (χ2v) is 4.41. The zero-order valence-electron chi connectivity index (χ0n) is 10.2. The van der Waals surface area contributed by atoms with Crippen molar-refractivity contribution < 1.29 is 9.13 Å². The first kappa shape index (κ1) is 12.9. The van der Waals surface area contributed by atoms with E-state index in [2.05, 4.69) is 9.97 Å². The van der Waals surface area contributed by atoms with Crippen LogP contribution in [0.2, 0.25) is 0 Å². The minimum Gasteiger partial charge on any atom is -0.378 e. The summed E-state index contributed by atoms with van der Waals surface area (Å²) in [5.41, 5.74) is 2.08. The summed E-state index contributed by atoms with van der Waals surface area (Å²) in [6.45, 7) is 2.13. The van der Waals surface area contributed by atoms with E-state index < -0.39 is 0 Å². The van der Waals surface area contributed by atoms with Crippen LogP contribution in [0.4, 0.5) is 4.39 Å². The molecule has 1 aromatic heterocycles. The van der Waals surface area contributed by atoms with Gasteiger partial charge in [-0.25, -0.2) is 9.37 Å². The van der Waals surface area contributed by atoms with Crippen molar-refractivity contribution in [3.63, 3.8) is 0 Å². The van der Waals surface area contributed by atoms with Gasteiger partial charge in [-0.1, -0.05) is 24.4 Å².